The molecule has 1 heterocycles. The molecule has 2 aromatic rings. The third-order valence-corrected chi connectivity index (χ3v) is 2.48. The van der Waals surface area contributed by atoms with Crippen molar-refractivity contribution < 1.29 is 9.53 Å². The number of hydrogen-bond donors (Lipinski definition) is 2. The molecule has 1 aromatic carbocycles. The lowest BCUT2D eigenvalue weighted by atomic mass is 10.2. The van der Waals surface area contributed by atoms with Crippen LogP contribution in [0.2, 0.25) is 0 Å². The summed E-state index contributed by atoms with van der Waals surface area (Å²) in [6.45, 7) is 2.09. The van der Waals surface area contributed by atoms with E-state index in [4.69, 9.17) is 10.5 Å². The summed E-state index contributed by atoms with van der Waals surface area (Å²) in [6.07, 6.45) is 1.61. The number of nitrogens with zero attached hydrogens (tertiary/aromatic N) is 1. The van der Waals surface area contributed by atoms with Crippen molar-refractivity contribution in [3.8, 4) is 0 Å². The highest BCUT2D eigenvalue weighted by molar-refractivity contribution is 5.95. The molecule has 0 unspecified atom stereocenters. The predicted octanol–water partition coefficient (Wildman–Crippen LogP) is 2.58. The molecule has 2 rings (SSSR count). The molecule has 0 aliphatic heterocycles. The molecule has 0 saturated carbocycles. The van der Waals surface area contributed by atoms with Crippen molar-refractivity contribution in [2.45, 2.75) is 6.92 Å². The minimum atomic E-state index is -0.395. The molecule has 0 atom stereocenters. The molecule has 0 spiro atoms. The Morgan fingerprint density at radius 3 is 2.74 bits per heavy atom. The number of aromatic nitrogens is 1. The number of esters is 1. The second kappa shape index (κ2) is 5.86. The highest BCUT2D eigenvalue weighted by Crippen LogP contribution is 2.20. The Bertz CT molecular complexity index is 567. The lowest BCUT2D eigenvalue weighted by Crippen LogP contribution is -2.09. The van der Waals surface area contributed by atoms with E-state index in [2.05, 4.69) is 10.3 Å². The Balaban J connectivity index is 2.24. The van der Waals surface area contributed by atoms with Gasteiger partial charge in [-0.05, 0) is 43.3 Å². The van der Waals surface area contributed by atoms with Gasteiger partial charge in [-0.3, -0.25) is 0 Å². The summed E-state index contributed by atoms with van der Waals surface area (Å²) in [5.74, 6) is 0.0688. The Morgan fingerprint density at radius 1 is 1.32 bits per heavy atom. The maximum atomic E-state index is 11.8. The largest absolute Gasteiger partial charge is 0.462 e. The molecule has 0 aliphatic carbocycles. The SMILES string of the molecule is CCOC(=O)c1cccnc1Nc1ccc(N)cc1. The molecule has 3 N–H and O–H groups in total. The first-order valence-electron chi connectivity index (χ1n) is 5.95. The molecule has 0 fully saturated rings. The maximum Gasteiger partial charge on any atom is 0.341 e. The highest BCUT2D eigenvalue weighted by Gasteiger charge is 2.13. The third-order valence-electron chi connectivity index (χ3n) is 2.48. The predicted molar refractivity (Wildman–Crippen MR) is 74.3 cm³/mol. The van der Waals surface area contributed by atoms with Gasteiger partial charge >= 0.3 is 5.97 Å². The van der Waals surface area contributed by atoms with Crippen molar-refractivity contribution in [2.24, 2.45) is 0 Å². The Kier molecular flexibility index (Phi) is 3.97. The van der Waals surface area contributed by atoms with Crippen LogP contribution in [0.25, 0.3) is 0 Å². The Morgan fingerprint density at radius 2 is 2.05 bits per heavy atom. The van der Waals surface area contributed by atoms with Crippen LogP contribution in [-0.4, -0.2) is 17.6 Å². The lowest BCUT2D eigenvalue weighted by Gasteiger charge is -2.10. The van der Waals surface area contributed by atoms with E-state index in [1.807, 2.05) is 12.1 Å². The van der Waals surface area contributed by atoms with Crippen LogP contribution >= 0.6 is 0 Å². The number of nitrogens with one attached hydrogen (secondary N) is 1. The standard InChI is InChI=1S/C14H15N3O2/c1-2-19-14(18)12-4-3-9-16-13(12)17-11-7-5-10(15)6-8-11/h3-9H,2,15H2,1H3,(H,16,17). The van der Waals surface area contributed by atoms with Gasteiger partial charge in [-0.2, -0.15) is 0 Å². The van der Waals surface area contributed by atoms with Crippen LogP contribution in [0.4, 0.5) is 17.2 Å². The van der Waals surface area contributed by atoms with E-state index in [1.165, 1.54) is 0 Å². The van der Waals surface area contributed by atoms with E-state index < -0.39 is 5.97 Å². The van der Waals surface area contributed by atoms with Gasteiger partial charge in [-0.15, -0.1) is 0 Å². The van der Waals surface area contributed by atoms with E-state index in [0.29, 0.717) is 23.7 Å². The molecular weight excluding hydrogens is 242 g/mol. The molecule has 0 saturated heterocycles. The summed E-state index contributed by atoms with van der Waals surface area (Å²) >= 11 is 0. The fraction of sp³-hybridized carbons (Fsp3) is 0.143. The monoisotopic (exact) mass is 257 g/mol. The van der Waals surface area contributed by atoms with Crippen LogP contribution in [0.1, 0.15) is 17.3 Å². The molecule has 0 aliphatic rings. The van der Waals surface area contributed by atoms with E-state index >= 15 is 0 Å². The van der Waals surface area contributed by atoms with Crippen molar-refractivity contribution in [1.29, 1.82) is 0 Å². The van der Waals surface area contributed by atoms with Crippen LogP contribution in [-0.2, 0) is 4.74 Å². The van der Waals surface area contributed by atoms with Crippen molar-refractivity contribution in [1.82, 2.24) is 4.98 Å². The van der Waals surface area contributed by atoms with Crippen molar-refractivity contribution >= 4 is 23.2 Å². The molecule has 1 aromatic heterocycles. The van der Waals surface area contributed by atoms with E-state index in [0.717, 1.165) is 5.69 Å². The van der Waals surface area contributed by atoms with Gasteiger partial charge in [-0.1, -0.05) is 0 Å². The smallest absolute Gasteiger partial charge is 0.341 e. The number of hydrogen-bond acceptors (Lipinski definition) is 5. The molecule has 5 heteroatoms. The average molecular weight is 257 g/mol. The summed E-state index contributed by atoms with van der Waals surface area (Å²) in [4.78, 5) is 15.9. The molecule has 0 amide bonds. The summed E-state index contributed by atoms with van der Waals surface area (Å²) in [5.41, 5.74) is 7.51. The Labute approximate surface area is 111 Å². The first-order valence-corrected chi connectivity index (χ1v) is 5.95. The van der Waals surface area contributed by atoms with Gasteiger partial charge in [0.25, 0.3) is 0 Å². The number of rotatable bonds is 4. The molecule has 19 heavy (non-hydrogen) atoms. The molecule has 0 radical (unpaired) electrons. The molecule has 0 bridgehead atoms. The number of pyridine rings is 1. The number of carbonyl (C=O) groups excluding carboxylic acids is 1. The van der Waals surface area contributed by atoms with Crippen LogP contribution in [0.5, 0.6) is 0 Å². The van der Waals surface area contributed by atoms with Gasteiger partial charge in [0.1, 0.15) is 11.4 Å². The fourth-order valence-electron chi connectivity index (χ4n) is 1.58. The van der Waals surface area contributed by atoms with Gasteiger partial charge in [0, 0.05) is 17.6 Å². The topological polar surface area (TPSA) is 77.2 Å². The number of nitrogen functional groups attached to an aromatic ring is 1. The van der Waals surface area contributed by atoms with E-state index in [1.54, 1.807) is 37.4 Å². The number of benzene rings is 1. The van der Waals surface area contributed by atoms with Crippen LogP contribution in [0.15, 0.2) is 42.6 Å². The second-order valence-electron chi connectivity index (χ2n) is 3.87. The zero-order valence-corrected chi connectivity index (χ0v) is 10.6. The second-order valence-corrected chi connectivity index (χ2v) is 3.87. The van der Waals surface area contributed by atoms with Crippen LogP contribution < -0.4 is 11.1 Å². The molecule has 98 valence electrons. The van der Waals surface area contributed by atoms with Gasteiger partial charge in [0.05, 0.1) is 6.61 Å². The minimum Gasteiger partial charge on any atom is -0.462 e. The number of ether oxygens (including phenoxy) is 1. The maximum absolute atomic E-state index is 11.8. The average Bonchev–Trinajstić information content (AvgIpc) is 2.42. The quantitative estimate of drug-likeness (QED) is 0.650. The third kappa shape index (κ3) is 3.22. The fourth-order valence-corrected chi connectivity index (χ4v) is 1.58. The lowest BCUT2D eigenvalue weighted by molar-refractivity contribution is 0.0527. The normalized spacial score (nSPS) is 9.95. The zero-order valence-electron chi connectivity index (χ0n) is 10.6. The summed E-state index contributed by atoms with van der Waals surface area (Å²) in [5, 5.41) is 3.07. The first-order chi connectivity index (χ1) is 9.20. The summed E-state index contributed by atoms with van der Waals surface area (Å²) in [7, 11) is 0. The number of nitrogens with two attached hydrogens (primary N) is 1. The summed E-state index contributed by atoms with van der Waals surface area (Å²) < 4.78 is 4.99. The van der Waals surface area contributed by atoms with E-state index in [-0.39, 0.29) is 0 Å². The highest BCUT2D eigenvalue weighted by atomic mass is 16.5. The van der Waals surface area contributed by atoms with Crippen molar-refractivity contribution in [3.63, 3.8) is 0 Å². The van der Waals surface area contributed by atoms with Gasteiger partial charge in [-0.25, -0.2) is 9.78 Å². The van der Waals surface area contributed by atoms with Gasteiger partial charge < -0.3 is 15.8 Å². The molecule has 5 nitrogen and oxygen atoms in total. The number of carbonyl (C=O) groups is 1. The van der Waals surface area contributed by atoms with Crippen LogP contribution in [0.3, 0.4) is 0 Å². The van der Waals surface area contributed by atoms with Gasteiger partial charge in [0.2, 0.25) is 0 Å². The minimum absolute atomic E-state index is 0.328. The van der Waals surface area contributed by atoms with Gasteiger partial charge in [0.15, 0.2) is 0 Å². The Hall–Kier alpha value is -2.56. The summed E-state index contributed by atoms with van der Waals surface area (Å²) in [6, 6.07) is 10.5. The van der Waals surface area contributed by atoms with E-state index in [9.17, 15) is 4.79 Å². The molecular formula is C14H15N3O2. The zero-order chi connectivity index (χ0) is 13.7. The van der Waals surface area contributed by atoms with Crippen molar-refractivity contribution in [2.75, 3.05) is 17.7 Å². The number of anilines is 3. The van der Waals surface area contributed by atoms with Crippen molar-refractivity contribution in [3.05, 3.63) is 48.2 Å². The first kappa shape index (κ1) is 12.9. The van der Waals surface area contributed by atoms with Crippen LogP contribution in [0, 0.1) is 0 Å².